The maximum absolute atomic E-state index is 10.4. The summed E-state index contributed by atoms with van der Waals surface area (Å²) in [4.78, 5) is 17.0. The van der Waals surface area contributed by atoms with E-state index in [1.807, 2.05) is 0 Å². The molecule has 102 valence electrons. The minimum Gasteiger partial charge on any atom is -0.450 e. The first-order valence-corrected chi connectivity index (χ1v) is 5.37. The maximum Gasteiger partial charge on any atom is 0.503 e. The highest BCUT2D eigenvalue weighted by atomic mass is 32.2. The average Bonchev–Trinajstić information content (AvgIpc) is 2.16. The summed E-state index contributed by atoms with van der Waals surface area (Å²) in [6, 6.07) is 7.42. The number of rotatable bonds is 1. The molecule has 0 saturated carbocycles. The van der Waals surface area contributed by atoms with Crippen molar-refractivity contribution in [3.8, 4) is 0 Å². The molecule has 0 radical (unpaired) electrons. The zero-order valence-electron chi connectivity index (χ0n) is 8.66. The van der Waals surface area contributed by atoms with Crippen molar-refractivity contribution < 1.29 is 43.0 Å². The molecule has 0 saturated heterocycles. The highest BCUT2D eigenvalue weighted by molar-refractivity contribution is 7.85. The van der Waals surface area contributed by atoms with E-state index >= 15 is 0 Å². The SMILES string of the molecule is O=C(O)O.O=C(O)O.O=S(=O)(O)c1ccccc1. The number of hydrogen-bond donors (Lipinski definition) is 5. The van der Waals surface area contributed by atoms with Gasteiger partial charge in [-0.05, 0) is 12.1 Å². The fourth-order valence-corrected chi connectivity index (χ4v) is 1.09. The minimum atomic E-state index is -4.00. The third-order valence-corrected chi connectivity index (χ3v) is 1.91. The smallest absolute Gasteiger partial charge is 0.450 e. The molecule has 0 fully saturated rings. The van der Waals surface area contributed by atoms with E-state index in [0.717, 1.165) is 0 Å². The lowest BCUT2D eigenvalue weighted by Crippen LogP contribution is -1.96. The van der Waals surface area contributed by atoms with E-state index in [9.17, 15) is 8.42 Å². The van der Waals surface area contributed by atoms with E-state index in [4.69, 9.17) is 34.6 Å². The van der Waals surface area contributed by atoms with Crippen molar-refractivity contribution in [3.63, 3.8) is 0 Å². The monoisotopic (exact) mass is 282 g/mol. The van der Waals surface area contributed by atoms with Gasteiger partial charge in [-0.15, -0.1) is 0 Å². The van der Waals surface area contributed by atoms with Crippen LogP contribution in [0.25, 0.3) is 0 Å². The summed E-state index contributed by atoms with van der Waals surface area (Å²) in [5, 5.41) is 27.9. The average molecular weight is 282 g/mol. The second-order valence-electron chi connectivity index (χ2n) is 2.35. The standard InChI is InChI=1S/C6H6O3S.2CH2O3/c7-10(8,9)6-4-2-1-3-5-6;2*2-1(3)4/h1-5H,(H,7,8,9);2*(H2,2,3,4). The Balaban J connectivity index is 0. The van der Waals surface area contributed by atoms with E-state index in [1.165, 1.54) is 12.1 Å². The fraction of sp³-hybridized carbons (Fsp3) is 0. The number of carbonyl (C=O) groups is 2. The lowest BCUT2D eigenvalue weighted by Gasteiger charge is -1.92. The van der Waals surface area contributed by atoms with Crippen LogP contribution in [0.1, 0.15) is 0 Å². The van der Waals surface area contributed by atoms with Crippen molar-refractivity contribution in [2.45, 2.75) is 4.90 Å². The molecule has 10 heteroatoms. The Morgan fingerprint density at radius 3 is 1.28 bits per heavy atom. The largest absolute Gasteiger partial charge is 0.503 e. The molecule has 1 rings (SSSR count). The summed E-state index contributed by atoms with van der Waals surface area (Å²) in [7, 11) is -4.00. The molecule has 0 aliphatic carbocycles. The predicted molar refractivity (Wildman–Crippen MR) is 57.6 cm³/mol. The molecular formula is C8H10O9S. The van der Waals surface area contributed by atoms with Crippen LogP contribution in [0.4, 0.5) is 9.59 Å². The van der Waals surface area contributed by atoms with E-state index in [2.05, 4.69) is 0 Å². The summed E-state index contributed by atoms with van der Waals surface area (Å²) in [5.41, 5.74) is 0. The Labute approximate surface area is 101 Å². The molecule has 0 unspecified atom stereocenters. The number of carboxylic acid groups (broad SMARTS) is 4. The van der Waals surface area contributed by atoms with E-state index in [1.54, 1.807) is 18.2 Å². The van der Waals surface area contributed by atoms with Gasteiger partial charge in [0.15, 0.2) is 0 Å². The van der Waals surface area contributed by atoms with Crippen molar-refractivity contribution in [1.82, 2.24) is 0 Å². The zero-order chi connectivity index (χ0) is 14.8. The second kappa shape index (κ2) is 8.78. The molecule has 0 heterocycles. The van der Waals surface area contributed by atoms with Gasteiger partial charge in [-0.2, -0.15) is 8.42 Å². The quantitative estimate of drug-likeness (QED) is 0.477. The molecule has 0 aliphatic heterocycles. The number of benzene rings is 1. The van der Waals surface area contributed by atoms with Gasteiger partial charge in [0.05, 0.1) is 4.90 Å². The van der Waals surface area contributed by atoms with Gasteiger partial charge in [0.25, 0.3) is 10.1 Å². The van der Waals surface area contributed by atoms with Gasteiger partial charge in [-0.1, -0.05) is 18.2 Å². The highest BCUT2D eigenvalue weighted by Gasteiger charge is 2.05. The first-order valence-electron chi connectivity index (χ1n) is 3.93. The van der Waals surface area contributed by atoms with Crippen molar-refractivity contribution in [1.29, 1.82) is 0 Å². The molecule has 0 atom stereocenters. The van der Waals surface area contributed by atoms with Gasteiger partial charge in [0.2, 0.25) is 0 Å². The van der Waals surface area contributed by atoms with Gasteiger partial charge >= 0.3 is 12.3 Å². The zero-order valence-corrected chi connectivity index (χ0v) is 9.48. The molecule has 5 N–H and O–H groups in total. The molecule has 0 bridgehead atoms. The van der Waals surface area contributed by atoms with Crippen LogP contribution in [0, 0.1) is 0 Å². The Hall–Kier alpha value is -2.33. The third kappa shape index (κ3) is 16.1. The summed E-state index contributed by atoms with van der Waals surface area (Å²) < 4.78 is 29.2. The van der Waals surface area contributed by atoms with Crippen LogP contribution in [-0.2, 0) is 10.1 Å². The minimum absolute atomic E-state index is 0.0741. The third-order valence-electron chi connectivity index (χ3n) is 1.04. The van der Waals surface area contributed by atoms with Crippen LogP contribution < -0.4 is 0 Å². The molecule has 1 aromatic carbocycles. The Bertz CT molecular complexity index is 445. The highest BCUT2D eigenvalue weighted by Crippen LogP contribution is 2.05. The molecular weight excluding hydrogens is 272 g/mol. The van der Waals surface area contributed by atoms with Crippen LogP contribution in [0.5, 0.6) is 0 Å². The van der Waals surface area contributed by atoms with Crippen molar-refractivity contribution in [2.75, 3.05) is 0 Å². The molecule has 9 nitrogen and oxygen atoms in total. The normalized spacial score (nSPS) is 8.94. The first kappa shape index (κ1) is 18.0. The Morgan fingerprint density at radius 2 is 1.11 bits per heavy atom. The van der Waals surface area contributed by atoms with Crippen LogP contribution in [-0.4, -0.2) is 45.7 Å². The number of hydrogen-bond acceptors (Lipinski definition) is 4. The van der Waals surface area contributed by atoms with Gasteiger partial charge in [-0.3, -0.25) is 4.55 Å². The van der Waals surface area contributed by atoms with Crippen LogP contribution in [0.3, 0.4) is 0 Å². The molecule has 0 amide bonds. The van der Waals surface area contributed by atoms with Crippen molar-refractivity contribution >= 4 is 22.4 Å². The predicted octanol–water partition coefficient (Wildman–Crippen LogP) is 1.38. The van der Waals surface area contributed by atoms with Crippen LogP contribution >= 0.6 is 0 Å². The lowest BCUT2D eigenvalue weighted by molar-refractivity contribution is 0.135. The van der Waals surface area contributed by atoms with Crippen LogP contribution in [0.2, 0.25) is 0 Å². The Morgan fingerprint density at radius 1 is 0.833 bits per heavy atom. The second-order valence-corrected chi connectivity index (χ2v) is 3.77. The lowest BCUT2D eigenvalue weighted by atomic mass is 10.4. The topological polar surface area (TPSA) is 169 Å². The summed E-state index contributed by atoms with van der Waals surface area (Å²) >= 11 is 0. The van der Waals surface area contributed by atoms with Crippen molar-refractivity contribution in [2.24, 2.45) is 0 Å². The summed E-state index contributed by atoms with van der Waals surface area (Å²) in [6.07, 6.45) is -3.67. The molecule has 0 aromatic heterocycles. The molecule has 0 aliphatic rings. The molecule has 0 spiro atoms. The van der Waals surface area contributed by atoms with E-state index < -0.39 is 22.4 Å². The van der Waals surface area contributed by atoms with E-state index in [-0.39, 0.29) is 4.90 Å². The Kier molecular flexibility index (Phi) is 8.80. The van der Waals surface area contributed by atoms with Gasteiger partial charge in [0.1, 0.15) is 0 Å². The maximum atomic E-state index is 10.4. The van der Waals surface area contributed by atoms with Gasteiger partial charge in [0, 0.05) is 0 Å². The summed E-state index contributed by atoms with van der Waals surface area (Å²) in [6.45, 7) is 0. The van der Waals surface area contributed by atoms with Crippen LogP contribution in [0.15, 0.2) is 35.2 Å². The van der Waals surface area contributed by atoms with Crippen molar-refractivity contribution in [3.05, 3.63) is 30.3 Å². The fourth-order valence-electron chi connectivity index (χ4n) is 0.592. The first-order chi connectivity index (χ1) is 8.07. The van der Waals surface area contributed by atoms with Gasteiger partial charge in [-0.25, -0.2) is 9.59 Å². The van der Waals surface area contributed by atoms with E-state index in [0.29, 0.717) is 0 Å². The molecule has 1 aromatic rings. The summed E-state index contributed by atoms with van der Waals surface area (Å²) in [5.74, 6) is 0. The molecule has 18 heavy (non-hydrogen) atoms. The van der Waals surface area contributed by atoms with Gasteiger partial charge < -0.3 is 20.4 Å².